The molecule has 0 aliphatic rings. The van der Waals surface area contributed by atoms with Crippen LogP contribution in [0.3, 0.4) is 0 Å². The van der Waals surface area contributed by atoms with E-state index < -0.39 is 12.1 Å². The fourth-order valence-corrected chi connectivity index (χ4v) is 8.15. The monoisotopic (exact) mass is 840 g/mol. The number of allylic oxidation sites excluding steroid dienone is 7. The number of hydrogen-bond acceptors (Lipinski definition) is 3. The highest BCUT2D eigenvalue weighted by Gasteiger charge is 2.17. The highest BCUT2D eigenvalue weighted by molar-refractivity contribution is 5.76. The van der Waals surface area contributed by atoms with E-state index in [1.807, 2.05) is 6.08 Å². The van der Waals surface area contributed by atoms with E-state index in [9.17, 15) is 15.0 Å². The molecule has 1 amide bonds. The SMILES string of the molecule is CCCCCCCC/C=C\CCCCCCCCCC(=O)NC(CO)C(O)/C=C/CC/C=C/CC/C=C/CCCCCCCCCCCCCCCCCCCCCCC. The smallest absolute Gasteiger partial charge is 0.220 e. The Bertz CT molecular complexity index is 954. The quantitative estimate of drug-likeness (QED) is 0.0422. The van der Waals surface area contributed by atoms with Crippen LogP contribution in [0.4, 0.5) is 0 Å². The van der Waals surface area contributed by atoms with E-state index in [-0.39, 0.29) is 12.5 Å². The van der Waals surface area contributed by atoms with Crippen LogP contribution in [0.5, 0.6) is 0 Å². The van der Waals surface area contributed by atoms with Gasteiger partial charge in [0.2, 0.25) is 5.91 Å². The zero-order chi connectivity index (χ0) is 43.5. The zero-order valence-corrected chi connectivity index (χ0v) is 40.5. The normalized spacial score (nSPS) is 13.2. The molecule has 0 aromatic heterocycles. The molecule has 0 saturated carbocycles. The molecule has 0 aliphatic heterocycles. The highest BCUT2D eigenvalue weighted by atomic mass is 16.3. The Morgan fingerprint density at radius 1 is 0.383 bits per heavy atom. The number of aliphatic hydroxyl groups is 2. The van der Waals surface area contributed by atoms with Crippen molar-refractivity contribution < 1.29 is 15.0 Å². The standard InChI is InChI=1S/C56H105NO3/c1-3-5-7-9-11-13-15-17-19-21-22-23-24-25-26-27-28-29-30-31-32-33-34-36-37-39-41-43-45-47-49-51-55(59)54(53-58)57-56(60)52-50-48-46-44-42-40-38-35-20-18-16-14-12-10-8-6-4-2/h18,20,34,36,41,43,49,51,54-55,58-59H,3-17,19,21-33,35,37-40,42,44-48,50,52-53H2,1-2H3,(H,57,60)/b20-18-,36-34+,43-41+,51-49+. The van der Waals surface area contributed by atoms with Gasteiger partial charge in [0.05, 0.1) is 18.8 Å². The number of carbonyl (C=O) groups excluding carboxylic acids is 1. The van der Waals surface area contributed by atoms with E-state index in [4.69, 9.17) is 0 Å². The molecule has 2 unspecified atom stereocenters. The molecule has 352 valence electrons. The third-order valence-corrected chi connectivity index (χ3v) is 12.3. The third-order valence-electron chi connectivity index (χ3n) is 12.3. The van der Waals surface area contributed by atoms with Gasteiger partial charge in [-0.2, -0.15) is 0 Å². The molecule has 60 heavy (non-hydrogen) atoms. The molecule has 0 bridgehead atoms. The molecule has 0 aliphatic carbocycles. The van der Waals surface area contributed by atoms with Gasteiger partial charge in [0.25, 0.3) is 0 Å². The number of aliphatic hydroxyl groups excluding tert-OH is 2. The Hall–Kier alpha value is -1.65. The van der Waals surface area contributed by atoms with Crippen LogP contribution in [0, 0.1) is 0 Å². The maximum Gasteiger partial charge on any atom is 0.220 e. The summed E-state index contributed by atoms with van der Waals surface area (Å²) in [6.45, 7) is 4.31. The lowest BCUT2D eigenvalue weighted by atomic mass is 10.0. The third kappa shape index (κ3) is 47.4. The van der Waals surface area contributed by atoms with Crippen molar-refractivity contribution in [1.82, 2.24) is 5.32 Å². The van der Waals surface area contributed by atoms with Gasteiger partial charge in [0, 0.05) is 6.42 Å². The fraction of sp³-hybridized carbons (Fsp3) is 0.839. The second-order valence-electron chi connectivity index (χ2n) is 18.3. The highest BCUT2D eigenvalue weighted by Crippen LogP contribution is 2.16. The number of carbonyl (C=O) groups is 1. The van der Waals surface area contributed by atoms with Gasteiger partial charge in [0.1, 0.15) is 0 Å². The second-order valence-corrected chi connectivity index (χ2v) is 18.3. The van der Waals surface area contributed by atoms with Crippen LogP contribution in [0.1, 0.15) is 284 Å². The average Bonchev–Trinajstić information content (AvgIpc) is 3.25. The van der Waals surface area contributed by atoms with E-state index in [1.165, 1.54) is 225 Å². The molecule has 0 spiro atoms. The molecule has 0 heterocycles. The van der Waals surface area contributed by atoms with Crippen molar-refractivity contribution in [3.63, 3.8) is 0 Å². The number of rotatable bonds is 49. The van der Waals surface area contributed by atoms with Gasteiger partial charge in [-0.15, -0.1) is 0 Å². The van der Waals surface area contributed by atoms with Gasteiger partial charge in [0.15, 0.2) is 0 Å². The minimum absolute atomic E-state index is 0.0814. The molecule has 3 N–H and O–H groups in total. The van der Waals surface area contributed by atoms with Crippen LogP contribution in [-0.2, 0) is 4.79 Å². The molecule has 0 aromatic carbocycles. The van der Waals surface area contributed by atoms with Crippen molar-refractivity contribution in [1.29, 1.82) is 0 Å². The van der Waals surface area contributed by atoms with E-state index >= 15 is 0 Å². The summed E-state index contributed by atoms with van der Waals surface area (Å²) in [6, 6.07) is -0.649. The first-order valence-electron chi connectivity index (χ1n) is 26.9. The fourth-order valence-electron chi connectivity index (χ4n) is 8.15. The maximum atomic E-state index is 12.4. The predicted molar refractivity (Wildman–Crippen MR) is 267 cm³/mol. The lowest BCUT2D eigenvalue weighted by molar-refractivity contribution is -0.123. The predicted octanol–water partition coefficient (Wildman–Crippen LogP) is 17.5. The topological polar surface area (TPSA) is 69.6 Å². The van der Waals surface area contributed by atoms with Crippen LogP contribution in [0.2, 0.25) is 0 Å². The molecule has 0 rings (SSSR count). The Morgan fingerprint density at radius 2 is 0.650 bits per heavy atom. The second kappa shape index (κ2) is 51.7. The first kappa shape index (κ1) is 58.4. The van der Waals surface area contributed by atoms with Gasteiger partial charge < -0.3 is 15.5 Å². The molecule has 2 atom stereocenters. The summed E-state index contributed by atoms with van der Waals surface area (Å²) >= 11 is 0. The number of hydrogen-bond donors (Lipinski definition) is 3. The van der Waals surface area contributed by atoms with E-state index in [2.05, 4.69) is 55.6 Å². The van der Waals surface area contributed by atoms with Gasteiger partial charge in [-0.1, -0.05) is 255 Å². The van der Waals surface area contributed by atoms with Crippen LogP contribution < -0.4 is 5.32 Å². The first-order chi connectivity index (χ1) is 29.7. The van der Waals surface area contributed by atoms with Gasteiger partial charge in [-0.25, -0.2) is 0 Å². The van der Waals surface area contributed by atoms with Crippen molar-refractivity contribution in [2.45, 2.75) is 296 Å². The van der Waals surface area contributed by atoms with Crippen molar-refractivity contribution in [3.8, 4) is 0 Å². The van der Waals surface area contributed by atoms with Crippen LogP contribution >= 0.6 is 0 Å². The zero-order valence-electron chi connectivity index (χ0n) is 40.5. The largest absolute Gasteiger partial charge is 0.394 e. The summed E-state index contributed by atoms with van der Waals surface area (Å²) in [4.78, 5) is 12.4. The van der Waals surface area contributed by atoms with E-state index in [0.29, 0.717) is 6.42 Å². The van der Waals surface area contributed by atoms with Crippen LogP contribution in [0.15, 0.2) is 48.6 Å². The summed E-state index contributed by atoms with van der Waals surface area (Å²) < 4.78 is 0. The van der Waals surface area contributed by atoms with Crippen molar-refractivity contribution in [3.05, 3.63) is 48.6 Å². The van der Waals surface area contributed by atoms with Crippen LogP contribution in [0.25, 0.3) is 0 Å². The Morgan fingerprint density at radius 3 is 0.967 bits per heavy atom. The molecule has 0 fully saturated rings. The van der Waals surface area contributed by atoms with Crippen molar-refractivity contribution >= 4 is 5.91 Å². The minimum Gasteiger partial charge on any atom is -0.394 e. The molecule has 0 radical (unpaired) electrons. The maximum absolute atomic E-state index is 12.4. The summed E-state index contributed by atoms with van der Waals surface area (Å²) in [6.07, 6.45) is 71.3. The average molecular weight is 840 g/mol. The van der Waals surface area contributed by atoms with Gasteiger partial charge in [-0.05, 0) is 70.6 Å². The van der Waals surface area contributed by atoms with Gasteiger partial charge in [-0.3, -0.25) is 4.79 Å². The van der Waals surface area contributed by atoms with E-state index in [0.717, 1.165) is 38.5 Å². The molecular weight excluding hydrogens is 735 g/mol. The Kier molecular flexibility index (Phi) is 50.3. The van der Waals surface area contributed by atoms with Gasteiger partial charge >= 0.3 is 0 Å². The first-order valence-corrected chi connectivity index (χ1v) is 26.9. The molecular formula is C56H105NO3. The molecule has 4 heteroatoms. The molecule has 0 saturated heterocycles. The lowest BCUT2D eigenvalue weighted by Crippen LogP contribution is -2.45. The number of amides is 1. The Balaban J connectivity index is 3.55. The summed E-state index contributed by atoms with van der Waals surface area (Å²) in [5.74, 6) is -0.0814. The summed E-state index contributed by atoms with van der Waals surface area (Å²) in [7, 11) is 0. The van der Waals surface area contributed by atoms with Crippen molar-refractivity contribution in [2.75, 3.05) is 6.61 Å². The molecule has 4 nitrogen and oxygen atoms in total. The van der Waals surface area contributed by atoms with Crippen LogP contribution in [-0.4, -0.2) is 34.9 Å². The van der Waals surface area contributed by atoms with E-state index in [1.54, 1.807) is 6.08 Å². The number of unbranched alkanes of at least 4 members (excludes halogenated alkanes) is 36. The minimum atomic E-state index is -0.873. The lowest BCUT2D eigenvalue weighted by Gasteiger charge is -2.19. The summed E-state index contributed by atoms with van der Waals surface area (Å²) in [5, 5.41) is 23.1. The molecule has 0 aromatic rings. The summed E-state index contributed by atoms with van der Waals surface area (Å²) in [5.41, 5.74) is 0. The number of nitrogens with one attached hydrogen (secondary N) is 1. The Labute approximate surface area is 375 Å². The van der Waals surface area contributed by atoms with Crippen molar-refractivity contribution in [2.24, 2.45) is 0 Å².